The van der Waals surface area contributed by atoms with Crippen molar-refractivity contribution in [3.05, 3.63) is 75.5 Å². The van der Waals surface area contributed by atoms with Crippen LogP contribution in [0.2, 0.25) is 0 Å². The summed E-state index contributed by atoms with van der Waals surface area (Å²) in [5.74, 6) is -0.00917. The van der Waals surface area contributed by atoms with Crippen molar-refractivity contribution in [3.8, 4) is 16.5 Å². The van der Waals surface area contributed by atoms with Gasteiger partial charge in [0.25, 0.3) is 5.56 Å². The van der Waals surface area contributed by atoms with Gasteiger partial charge in [0.05, 0.1) is 37.0 Å². The number of carbonyl (C=O) groups is 1. The van der Waals surface area contributed by atoms with Gasteiger partial charge in [0.15, 0.2) is 0 Å². The van der Waals surface area contributed by atoms with Crippen LogP contribution in [0.25, 0.3) is 15.6 Å². The SMILES string of the molecule is COc1ccccc1[C@H](Cc1cc(C(C)(C)C(=O)O)c(=O)n2c(C)c(-c3ncco3)sc12)OC1CCC(O)CC1. The first-order valence-corrected chi connectivity index (χ1v) is 14.2. The molecule has 0 radical (unpaired) electrons. The summed E-state index contributed by atoms with van der Waals surface area (Å²) >= 11 is 1.38. The van der Waals surface area contributed by atoms with Gasteiger partial charge >= 0.3 is 5.97 Å². The van der Waals surface area contributed by atoms with Crippen molar-refractivity contribution in [2.24, 2.45) is 0 Å². The number of aryl methyl sites for hydroxylation is 1. The van der Waals surface area contributed by atoms with Crippen molar-refractivity contribution in [3.63, 3.8) is 0 Å². The average Bonchev–Trinajstić information content (AvgIpc) is 3.59. The molecule has 0 aliphatic heterocycles. The number of benzene rings is 1. The molecule has 0 amide bonds. The number of fused-ring (bicyclic) bond motifs is 1. The van der Waals surface area contributed by atoms with E-state index in [0.29, 0.717) is 46.3 Å². The molecule has 9 nitrogen and oxygen atoms in total. The van der Waals surface area contributed by atoms with Gasteiger partial charge in [-0.1, -0.05) is 18.2 Å². The summed E-state index contributed by atoms with van der Waals surface area (Å²) in [4.78, 5) is 31.8. The fraction of sp³-hybridized carbons (Fsp3) is 0.433. The topological polar surface area (TPSA) is 124 Å². The molecule has 0 spiro atoms. The Kier molecular flexibility index (Phi) is 7.85. The van der Waals surface area contributed by atoms with Crippen LogP contribution in [0.5, 0.6) is 5.75 Å². The summed E-state index contributed by atoms with van der Waals surface area (Å²) in [6.45, 7) is 4.90. The second-order valence-electron chi connectivity index (χ2n) is 10.8. The number of nitrogens with zero attached hydrogens (tertiary/aromatic N) is 2. The first-order chi connectivity index (χ1) is 19.1. The number of aliphatic hydroxyl groups is 1. The Morgan fingerprint density at radius 2 is 1.98 bits per heavy atom. The number of oxazole rings is 1. The minimum atomic E-state index is -1.43. The van der Waals surface area contributed by atoms with E-state index in [2.05, 4.69) is 4.98 Å². The minimum absolute atomic E-state index is 0.0527. The van der Waals surface area contributed by atoms with Crippen LogP contribution in [0.1, 0.15) is 68.0 Å². The molecule has 0 unspecified atom stereocenters. The maximum absolute atomic E-state index is 13.8. The van der Waals surface area contributed by atoms with Crippen LogP contribution in [0.3, 0.4) is 0 Å². The number of hydrogen-bond donors (Lipinski definition) is 2. The quantitative estimate of drug-likeness (QED) is 0.280. The molecule has 4 aromatic rings. The highest BCUT2D eigenvalue weighted by Crippen LogP contribution is 2.39. The van der Waals surface area contributed by atoms with Crippen molar-refractivity contribution in [2.45, 2.75) is 76.6 Å². The lowest BCUT2D eigenvalue weighted by molar-refractivity contribution is -0.142. The smallest absolute Gasteiger partial charge is 0.313 e. The first-order valence-electron chi connectivity index (χ1n) is 13.4. The van der Waals surface area contributed by atoms with Crippen molar-refractivity contribution in [2.75, 3.05) is 7.11 Å². The zero-order chi connectivity index (χ0) is 28.6. The number of thiazole rings is 1. The van der Waals surface area contributed by atoms with E-state index < -0.39 is 17.5 Å². The van der Waals surface area contributed by atoms with Crippen molar-refractivity contribution in [1.82, 2.24) is 9.38 Å². The third-order valence-corrected chi connectivity index (χ3v) is 9.13. The van der Waals surface area contributed by atoms with Gasteiger partial charge in [0.1, 0.15) is 21.7 Å². The Morgan fingerprint density at radius 1 is 1.25 bits per heavy atom. The van der Waals surface area contributed by atoms with Crippen LogP contribution >= 0.6 is 11.3 Å². The highest BCUT2D eigenvalue weighted by molar-refractivity contribution is 7.21. The molecular weight excluding hydrogens is 532 g/mol. The molecular formula is C30H34N2O7S. The third kappa shape index (κ3) is 5.18. The number of ether oxygens (including phenoxy) is 2. The van der Waals surface area contributed by atoms with Gasteiger partial charge in [-0.05, 0) is 64.2 Å². The molecule has 1 atom stereocenters. The summed E-state index contributed by atoms with van der Waals surface area (Å²) in [5.41, 5.74) is 0.654. The van der Waals surface area contributed by atoms with E-state index in [1.807, 2.05) is 31.2 Å². The molecule has 1 aliphatic carbocycles. The molecule has 40 heavy (non-hydrogen) atoms. The fourth-order valence-corrected chi connectivity index (χ4v) is 6.57. The van der Waals surface area contributed by atoms with E-state index in [4.69, 9.17) is 13.9 Å². The number of carboxylic acid groups (broad SMARTS) is 1. The Morgan fingerprint density at radius 3 is 2.62 bits per heavy atom. The predicted octanol–water partition coefficient (Wildman–Crippen LogP) is 5.30. The van der Waals surface area contributed by atoms with E-state index >= 15 is 0 Å². The standard InChI is InChI=1S/C30H34N2O7S/c1-17-25(26-31-13-14-38-26)40-28-18(15-22(27(34)32(17)28)30(2,3)29(35)36)16-24(21-7-5-6-8-23(21)37-4)39-20-11-9-19(33)10-12-20/h5-8,13-15,19-20,24,33H,9-12,16H2,1-4H3,(H,35,36)/t19?,20?,24-/m0/s1. The summed E-state index contributed by atoms with van der Waals surface area (Å²) in [7, 11) is 1.62. The maximum atomic E-state index is 13.8. The lowest BCUT2D eigenvalue weighted by atomic mass is 9.84. The molecule has 0 saturated heterocycles. The predicted molar refractivity (Wildman–Crippen MR) is 151 cm³/mol. The second-order valence-corrected chi connectivity index (χ2v) is 11.8. The number of methoxy groups -OCH3 is 1. The highest BCUT2D eigenvalue weighted by atomic mass is 32.1. The third-order valence-electron chi connectivity index (χ3n) is 7.82. The first kappa shape index (κ1) is 28.1. The molecule has 1 fully saturated rings. The van der Waals surface area contributed by atoms with Gasteiger partial charge in [-0.25, -0.2) is 4.98 Å². The monoisotopic (exact) mass is 566 g/mol. The largest absolute Gasteiger partial charge is 0.496 e. The van der Waals surface area contributed by atoms with Gasteiger partial charge in [0, 0.05) is 23.2 Å². The number of carboxylic acids is 1. The zero-order valence-electron chi connectivity index (χ0n) is 23.0. The number of para-hydroxylation sites is 1. The van der Waals surface area contributed by atoms with Gasteiger partial charge in [-0.15, -0.1) is 11.3 Å². The maximum Gasteiger partial charge on any atom is 0.313 e. The minimum Gasteiger partial charge on any atom is -0.496 e. The molecule has 3 heterocycles. The Balaban J connectivity index is 1.69. The summed E-state index contributed by atoms with van der Waals surface area (Å²) < 4.78 is 19.5. The normalized spacial score (nSPS) is 18.6. The number of hydrogen-bond acceptors (Lipinski definition) is 8. The van der Waals surface area contributed by atoms with Gasteiger partial charge in [-0.3, -0.25) is 14.0 Å². The summed E-state index contributed by atoms with van der Waals surface area (Å²) in [6, 6.07) is 9.40. The van der Waals surface area contributed by atoms with Crippen LogP contribution < -0.4 is 10.3 Å². The van der Waals surface area contributed by atoms with Crippen LogP contribution in [0.4, 0.5) is 0 Å². The zero-order valence-corrected chi connectivity index (χ0v) is 23.9. The lowest BCUT2D eigenvalue weighted by Crippen LogP contribution is -2.36. The van der Waals surface area contributed by atoms with Crippen LogP contribution in [-0.4, -0.2) is 44.9 Å². The average molecular weight is 567 g/mol. The van der Waals surface area contributed by atoms with Crippen molar-refractivity contribution in [1.29, 1.82) is 0 Å². The molecule has 2 N–H and O–H groups in total. The lowest BCUT2D eigenvalue weighted by Gasteiger charge is -2.31. The molecule has 0 bridgehead atoms. The van der Waals surface area contributed by atoms with E-state index in [1.54, 1.807) is 37.6 Å². The van der Waals surface area contributed by atoms with Gasteiger partial charge < -0.3 is 24.1 Å². The number of aromatic nitrogens is 2. The molecule has 1 aromatic carbocycles. The van der Waals surface area contributed by atoms with Crippen molar-refractivity contribution < 1.29 is 28.9 Å². The summed E-state index contributed by atoms with van der Waals surface area (Å²) in [5, 5.41) is 20.1. The fourth-order valence-electron chi connectivity index (χ4n) is 5.36. The number of pyridine rings is 1. The number of aliphatic hydroxyl groups excluding tert-OH is 1. The molecule has 212 valence electrons. The highest BCUT2D eigenvalue weighted by Gasteiger charge is 2.35. The van der Waals surface area contributed by atoms with Crippen LogP contribution in [0, 0.1) is 6.92 Å². The van der Waals surface area contributed by atoms with E-state index in [9.17, 15) is 19.8 Å². The molecule has 1 saturated carbocycles. The Hall–Kier alpha value is -3.47. The van der Waals surface area contributed by atoms with Gasteiger partial charge in [-0.2, -0.15) is 0 Å². The van der Waals surface area contributed by atoms with Gasteiger partial charge in [0.2, 0.25) is 5.89 Å². The number of rotatable bonds is 9. The molecule has 1 aliphatic rings. The van der Waals surface area contributed by atoms with E-state index in [-0.39, 0.29) is 23.3 Å². The second kappa shape index (κ2) is 11.2. The number of aliphatic carboxylic acids is 1. The van der Waals surface area contributed by atoms with E-state index in [1.165, 1.54) is 17.6 Å². The van der Waals surface area contributed by atoms with Crippen LogP contribution in [-0.2, 0) is 21.4 Å². The Bertz CT molecular complexity index is 1560. The Labute approximate surface area is 236 Å². The molecule has 10 heteroatoms. The van der Waals surface area contributed by atoms with Crippen molar-refractivity contribution >= 4 is 22.1 Å². The van der Waals surface area contributed by atoms with E-state index in [0.717, 1.165) is 24.0 Å². The summed E-state index contributed by atoms with van der Waals surface area (Å²) in [6.07, 6.45) is 5.42. The molecule has 3 aromatic heterocycles. The molecule has 5 rings (SSSR count). The van der Waals surface area contributed by atoms with Crippen LogP contribution in [0.15, 0.2) is 52.0 Å².